The van der Waals surface area contributed by atoms with Crippen molar-refractivity contribution in [3.8, 4) is 5.75 Å². The second-order valence-corrected chi connectivity index (χ2v) is 10.1. The van der Waals surface area contributed by atoms with Crippen molar-refractivity contribution in [1.82, 2.24) is 26.2 Å². The molecule has 1 aromatic rings. The fraction of sp³-hybridized carbons (Fsp3) is 0.519. The summed E-state index contributed by atoms with van der Waals surface area (Å²) in [5, 5.41) is 37.4. The number of aliphatic carboxylic acids is 1. The summed E-state index contributed by atoms with van der Waals surface area (Å²) in [6, 6.07) is -1.03. The Morgan fingerprint density at radius 2 is 1.60 bits per heavy atom. The van der Waals surface area contributed by atoms with Gasteiger partial charge in [0.15, 0.2) is 0 Å². The average molecular weight is 607 g/mol. The molecule has 0 aliphatic carbocycles. The molecule has 1 aliphatic rings. The van der Waals surface area contributed by atoms with Gasteiger partial charge >= 0.3 is 5.97 Å². The fourth-order valence-corrected chi connectivity index (χ4v) is 4.40. The third kappa shape index (κ3) is 10.0. The zero-order valence-corrected chi connectivity index (χ0v) is 23.9. The molecule has 0 aromatic heterocycles. The molecule has 1 heterocycles. The number of imide groups is 1. The molecule has 0 spiro atoms. The predicted molar refractivity (Wildman–Crippen MR) is 149 cm³/mol. The Labute approximate surface area is 247 Å². The summed E-state index contributed by atoms with van der Waals surface area (Å²) in [5.74, 6) is -6.10. The van der Waals surface area contributed by atoms with Crippen molar-refractivity contribution in [2.45, 2.75) is 76.2 Å². The molecule has 0 bridgehead atoms. The van der Waals surface area contributed by atoms with Gasteiger partial charge in [0.1, 0.15) is 36.0 Å². The highest BCUT2D eigenvalue weighted by molar-refractivity contribution is 6.09. The SMILES string of the molecule is CC(=O)N[C@H]1CC(=O)N([C@@H](CCCCN)C(=O)N[C@@H](C)C(=O)N[C@@H](Cc2ccc(O)cc2)C(=O)N[C@@H](CO)C(=O)O)C1=O. The number of aliphatic hydroxyl groups excluding tert-OH is 1. The van der Waals surface area contributed by atoms with Crippen LogP contribution < -0.4 is 27.0 Å². The lowest BCUT2D eigenvalue weighted by Crippen LogP contribution is -2.58. The van der Waals surface area contributed by atoms with Gasteiger partial charge in [-0.25, -0.2) is 4.79 Å². The van der Waals surface area contributed by atoms with Crippen molar-refractivity contribution >= 4 is 41.4 Å². The molecule has 43 heavy (non-hydrogen) atoms. The molecular formula is C27H38N6O10. The summed E-state index contributed by atoms with van der Waals surface area (Å²) < 4.78 is 0. The number of nitrogens with two attached hydrogens (primary N) is 1. The maximum absolute atomic E-state index is 13.3. The second kappa shape index (κ2) is 16.2. The highest BCUT2D eigenvalue weighted by Gasteiger charge is 2.45. The summed E-state index contributed by atoms with van der Waals surface area (Å²) in [7, 11) is 0. The number of phenols is 1. The lowest BCUT2D eigenvalue weighted by molar-refractivity contribution is -0.148. The van der Waals surface area contributed by atoms with E-state index in [1.807, 2.05) is 0 Å². The van der Waals surface area contributed by atoms with E-state index in [1.165, 1.54) is 38.1 Å². The molecule has 16 heteroatoms. The number of hydrogen-bond donors (Lipinski definition) is 8. The first-order valence-corrected chi connectivity index (χ1v) is 13.6. The van der Waals surface area contributed by atoms with Gasteiger partial charge in [0.25, 0.3) is 5.91 Å². The van der Waals surface area contributed by atoms with Crippen LogP contribution in [-0.4, -0.2) is 105 Å². The lowest BCUT2D eigenvalue weighted by Gasteiger charge is -2.28. The topological polar surface area (TPSA) is 258 Å². The quantitative estimate of drug-likeness (QED) is 0.0706. The van der Waals surface area contributed by atoms with E-state index in [0.717, 1.165) is 4.90 Å². The number of nitrogens with zero attached hydrogens (tertiary/aromatic N) is 1. The van der Waals surface area contributed by atoms with E-state index in [-0.39, 0.29) is 25.0 Å². The number of amides is 6. The molecule has 16 nitrogen and oxygen atoms in total. The van der Waals surface area contributed by atoms with Crippen molar-refractivity contribution < 1.29 is 48.9 Å². The molecule has 6 amide bonds. The van der Waals surface area contributed by atoms with Crippen LogP contribution in [0.1, 0.15) is 45.1 Å². The number of aliphatic hydroxyl groups is 1. The summed E-state index contributed by atoms with van der Waals surface area (Å²) in [5.41, 5.74) is 6.04. The largest absolute Gasteiger partial charge is 0.508 e. The number of unbranched alkanes of at least 4 members (excludes halogenated alkanes) is 1. The minimum absolute atomic E-state index is 0.0456. The van der Waals surface area contributed by atoms with Crippen LogP contribution in [0.2, 0.25) is 0 Å². The number of aromatic hydroxyl groups is 1. The third-order valence-electron chi connectivity index (χ3n) is 6.66. The smallest absolute Gasteiger partial charge is 0.328 e. The number of carbonyl (C=O) groups is 7. The van der Waals surface area contributed by atoms with Gasteiger partial charge < -0.3 is 42.3 Å². The van der Waals surface area contributed by atoms with Gasteiger partial charge in [-0.15, -0.1) is 0 Å². The summed E-state index contributed by atoms with van der Waals surface area (Å²) in [6.45, 7) is 1.89. The van der Waals surface area contributed by atoms with Crippen molar-refractivity contribution in [3.63, 3.8) is 0 Å². The van der Waals surface area contributed by atoms with Crippen LogP contribution in [0.25, 0.3) is 0 Å². The van der Waals surface area contributed by atoms with Gasteiger partial charge in [0.05, 0.1) is 13.0 Å². The Balaban J connectivity index is 2.21. The van der Waals surface area contributed by atoms with E-state index in [4.69, 9.17) is 5.73 Å². The highest BCUT2D eigenvalue weighted by atomic mass is 16.4. The monoisotopic (exact) mass is 606 g/mol. The number of carboxylic acid groups (broad SMARTS) is 1. The van der Waals surface area contributed by atoms with Crippen LogP contribution >= 0.6 is 0 Å². The molecule has 0 unspecified atom stereocenters. The van der Waals surface area contributed by atoms with Gasteiger partial charge in [-0.2, -0.15) is 0 Å². The van der Waals surface area contributed by atoms with Gasteiger partial charge in [-0.05, 0) is 50.4 Å². The van der Waals surface area contributed by atoms with Crippen LogP contribution in [0.4, 0.5) is 0 Å². The van der Waals surface area contributed by atoms with E-state index >= 15 is 0 Å². The first-order valence-electron chi connectivity index (χ1n) is 13.6. The van der Waals surface area contributed by atoms with E-state index < -0.39 is 78.2 Å². The van der Waals surface area contributed by atoms with Gasteiger partial charge in [0, 0.05) is 13.3 Å². The maximum atomic E-state index is 13.3. The van der Waals surface area contributed by atoms with Crippen molar-refractivity contribution in [2.24, 2.45) is 5.73 Å². The average Bonchev–Trinajstić information content (AvgIpc) is 3.21. The molecule has 236 valence electrons. The first-order chi connectivity index (χ1) is 20.3. The van der Waals surface area contributed by atoms with E-state index in [2.05, 4.69) is 21.3 Å². The number of likely N-dealkylation sites (tertiary alicyclic amines) is 1. The standard InChI is InChI=1S/C27H38N6O10/c1-14(29-25(40)21(5-3-4-10-28)33-22(37)12-19(26(33)41)30-15(2)35)23(38)31-18(11-16-6-8-17(36)9-7-16)24(39)32-20(13-34)27(42)43/h6-9,14,18-21,34,36H,3-5,10-13,28H2,1-2H3,(H,29,40)(H,30,35)(H,31,38)(H,32,39)(H,42,43)/t14-,18-,19-,20-,21-/m0/s1. The number of phenolic OH excluding ortho intramolecular Hbond substituents is 1. The Bertz CT molecular complexity index is 1210. The number of nitrogens with one attached hydrogen (secondary N) is 4. The third-order valence-corrected chi connectivity index (χ3v) is 6.66. The Morgan fingerprint density at radius 3 is 2.16 bits per heavy atom. The molecule has 0 radical (unpaired) electrons. The summed E-state index contributed by atoms with van der Waals surface area (Å²) >= 11 is 0. The molecule has 1 aliphatic heterocycles. The van der Waals surface area contributed by atoms with Gasteiger partial charge in [-0.3, -0.25) is 33.7 Å². The van der Waals surface area contributed by atoms with Crippen LogP contribution in [0, 0.1) is 0 Å². The zero-order chi connectivity index (χ0) is 32.3. The van der Waals surface area contributed by atoms with Crippen LogP contribution in [0.3, 0.4) is 0 Å². The number of carboxylic acids is 1. The molecule has 1 aromatic carbocycles. The van der Waals surface area contributed by atoms with E-state index in [1.54, 1.807) is 0 Å². The molecule has 5 atom stereocenters. The van der Waals surface area contributed by atoms with Crippen LogP contribution in [0.5, 0.6) is 5.75 Å². The number of carbonyl (C=O) groups excluding carboxylic acids is 6. The fourth-order valence-electron chi connectivity index (χ4n) is 4.40. The Kier molecular flexibility index (Phi) is 13.0. The van der Waals surface area contributed by atoms with Crippen molar-refractivity contribution in [1.29, 1.82) is 0 Å². The van der Waals surface area contributed by atoms with Crippen LogP contribution in [0.15, 0.2) is 24.3 Å². The van der Waals surface area contributed by atoms with Gasteiger partial charge in [0.2, 0.25) is 29.5 Å². The van der Waals surface area contributed by atoms with Crippen molar-refractivity contribution in [2.75, 3.05) is 13.2 Å². The van der Waals surface area contributed by atoms with Gasteiger partial charge in [-0.1, -0.05) is 12.1 Å². The summed E-state index contributed by atoms with van der Waals surface area (Å²) in [6.07, 6.45) is 0.449. The molecule has 0 saturated carbocycles. The molecule has 2 rings (SSSR count). The minimum atomic E-state index is -1.64. The normalized spacial score (nSPS) is 17.4. The highest BCUT2D eigenvalue weighted by Crippen LogP contribution is 2.20. The number of benzene rings is 1. The molecular weight excluding hydrogens is 568 g/mol. The van der Waals surface area contributed by atoms with Crippen LogP contribution in [-0.2, 0) is 40.0 Å². The summed E-state index contributed by atoms with van der Waals surface area (Å²) in [4.78, 5) is 88.5. The zero-order valence-electron chi connectivity index (χ0n) is 23.9. The molecule has 9 N–H and O–H groups in total. The van der Waals surface area contributed by atoms with E-state index in [9.17, 15) is 48.9 Å². The number of hydrogen-bond acceptors (Lipinski definition) is 10. The lowest BCUT2D eigenvalue weighted by atomic mass is 10.0. The molecule has 1 saturated heterocycles. The number of rotatable bonds is 16. The minimum Gasteiger partial charge on any atom is -0.508 e. The Morgan fingerprint density at radius 1 is 0.977 bits per heavy atom. The predicted octanol–water partition coefficient (Wildman–Crippen LogP) is -2.75. The second-order valence-electron chi connectivity index (χ2n) is 10.1. The Hall–Kier alpha value is -4.57. The maximum Gasteiger partial charge on any atom is 0.328 e. The molecule has 1 fully saturated rings. The van der Waals surface area contributed by atoms with Crippen molar-refractivity contribution in [3.05, 3.63) is 29.8 Å². The van der Waals surface area contributed by atoms with E-state index in [0.29, 0.717) is 24.9 Å². The first kappa shape index (κ1) is 34.6.